The van der Waals surface area contributed by atoms with E-state index >= 15 is 0 Å². The van der Waals surface area contributed by atoms with Gasteiger partial charge in [0.2, 0.25) is 0 Å². The molecule has 272 valence electrons. The summed E-state index contributed by atoms with van der Waals surface area (Å²) in [6.45, 7) is 8.60. The second kappa shape index (κ2) is 13.3. The van der Waals surface area contributed by atoms with E-state index in [1.807, 2.05) is 24.3 Å². The molecule has 1 aliphatic heterocycles. The van der Waals surface area contributed by atoms with E-state index < -0.39 is 5.41 Å². The number of nitrogens with zero attached hydrogens (tertiary/aromatic N) is 1. The number of ether oxygens (including phenoxy) is 1. The fraction of sp³-hybridized carbons (Fsp3) is 0.132. The molecule has 0 bridgehead atoms. The summed E-state index contributed by atoms with van der Waals surface area (Å²) in [6.07, 6.45) is 18.6. The van der Waals surface area contributed by atoms with Crippen molar-refractivity contribution in [3.8, 4) is 16.9 Å². The van der Waals surface area contributed by atoms with Crippen molar-refractivity contribution in [1.29, 1.82) is 0 Å². The van der Waals surface area contributed by atoms with Crippen molar-refractivity contribution in [2.24, 2.45) is 5.92 Å². The van der Waals surface area contributed by atoms with E-state index in [1.54, 1.807) is 6.08 Å². The Morgan fingerprint density at radius 1 is 0.661 bits per heavy atom. The van der Waals surface area contributed by atoms with Crippen LogP contribution < -0.4 is 15.0 Å². The molecule has 4 unspecified atom stereocenters. The zero-order valence-corrected chi connectivity index (χ0v) is 31.8. The van der Waals surface area contributed by atoms with Gasteiger partial charge in [-0.25, -0.2) is 0 Å². The molecule has 0 saturated heterocycles. The number of hydrogen-bond donors (Lipinski definition) is 1. The molecule has 4 atom stereocenters. The minimum absolute atomic E-state index is 0.00505. The van der Waals surface area contributed by atoms with Crippen LogP contribution in [0.4, 0.5) is 22.7 Å². The normalized spacial score (nSPS) is 21.9. The van der Waals surface area contributed by atoms with E-state index in [0.29, 0.717) is 11.8 Å². The Morgan fingerprint density at radius 2 is 1.43 bits per heavy atom. The molecule has 0 amide bonds. The maximum absolute atomic E-state index is 6.54. The summed E-state index contributed by atoms with van der Waals surface area (Å²) in [5, 5.41) is 3.54. The summed E-state index contributed by atoms with van der Waals surface area (Å²) in [7, 11) is 0. The first-order chi connectivity index (χ1) is 27.5. The summed E-state index contributed by atoms with van der Waals surface area (Å²) < 4.78 is 6.54. The van der Waals surface area contributed by atoms with Gasteiger partial charge < -0.3 is 15.0 Å². The molecule has 0 aromatic heterocycles. The Hall–Kier alpha value is -6.58. The number of rotatable bonds is 8. The number of anilines is 4. The molecule has 6 aromatic carbocycles. The number of hydrogen-bond acceptors (Lipinski definition) is 3. The molecular formula is C53H44N2O. The molecule has 6 aromatic rings. The molecule has 0 radical (unpaired) electrons. The Bertz CT molecular complexity index is 2610. The van der Waals surface area contributed by atoms with Gasteiger partial charge in [0, 0.05) is 22.9 Å². The van der Waals surface area contributed by atoms with Crippen LogP contribution in [0.15, 0.2) is 201 Å². The van der Waals surface area contributed by atoms with E-state index in [1.165, 1.54) is 38.9 Å². The topological polar surface area (TPSA) is 24.5 Å². The molecule has 1 heterocycles. The highest BCUT2D eigenvalue weighted by molar-refractivity contribution is 5.97. The third-order valence-electron chi connectivity index (χ3n) is 12.4. The lowest BCUT2D eigenvalue weighted by Crippen LogP contribution is -2.28. The molecule has 0 fully saturated rings. The number of nitrogens with one attached hydrogen (secondary N) is 1. The highest BCUT2D eigenvalue weighted by Gasteiger charge is 2.48. The van der Waals surface area contributed by atoms with Crippen molar-refractivity contribution in [2.45, 2.75) is 36.8 Å². The summed E-state index contributed by atoms with van der Waals surface area (Å²) >= 11 is 0. The van der Waals surface area contributed by atoms with Gasteiger partial charge in [0.25, 0.3) is 0 Å². The second-order valence-corrected chi connectivity index (χ2v) is 15.7. The van der Waals surface area contributed by atoms with Gasteiger partial charge in [-0.05, 0) is 98.8 Å². The number of para-hydroxylation sites is 1. The minimum atomic E-state index is -0.598. The highest BCUT2D eigenvalue weighted by atomic mass is 16.5. The van der Waals surface area contributed by atoms with Crippen LogP contribution in [-0.4, -0.2) is 6.23 Å². The summed E-state index contributed by atoms with van der Waals surface area (Å²) in [5.74, 6) is 1.68. The SMILES string of the molecule is C=C/C=C\C=C\C1Nc2ccc(C3(c4ccccc4)c4ccccc4-c4c(N(c5ccccc5)c5ccc6c(c5)C(C)(C)C5C=CC=CC65)cccc43)cc2O1. The summed E-state index contributed by atoms with van der Waals surface area (Å²) in [4.78, 5) is 2.48. The summed E-state index contributed by atoms with van der Waals surface area (Å²) in [5.41, 5.74) is 14.1. The molecule has 1 N–H and O–H groups in total. The van der Waals surface area contributed by atoms with Gasteiger partial charge in [0.15, 0.2) is 6.23 Å². The molecule has 0 spiro atoms. The first-order valence-corrected chi connectivity index (χ1v) is 19.7. The predicted octanol–water partition coefficient (Wildman–Crippen LogP) is 13.1. The molecule has 56 heavy (non-hydrogen) atoms. The van der Waals surface area contributed by atoms with Gasteiger partial charge in [-0.2, -0.15) is 0 Å². The van der Waals surface area contributed by atoms with Crippen molar-refractivity contribution in [3.63, 3.8) is 0 Å². The van der Waals surface area contributed by atoms with Gasteiger partial charge in [-0.1, -0.05) is 166 Å². The molecule has 10 rings (SSSR count). The molecule has 4 aliphatic rings. The Morgan fingerprint density at radius 3 is 2.27 bits per heavy atom. The maximum Gasteiger partial charge on any atom is 0.189 e. The number of allylic oxidation sites excluding steroid dienone is 8. The van der Waals surface area contributed by atoms with Crippen molar-refractivity contribution in [1.82, 2.24) is 0 Å². The van der Waals surface area contributed by atoms with Crippen molar-refractivity contribution in [3.05, 3.63) is 234 Å². The first-order valence-electron chi connectivity index (χ1n) is 19.7. The van der Waals surface area contributed by atoms with Gasteiger partial charge in [-0.3, -0.25) is 0 Å². The third-order valence-corrected chi connectivity index (χ3v) is 12.4. The van der Waals surface area contributed by atoms with E-state index in [9.17, 15) is 0 Å². The average Bonchev–Trinajstić information content (AvgIpc) is 3.87. The first kappa shape index (κ1) is 33.9. The fourth-order valence-corrected chi connectivity index (χ4v) is 9.97. The van der Waals surface area contributed by atoms with E-state index in [4.69, 9.17) is 4.74 Å². The smallest absolute Gasteiger partial charge is 0.189 e. The zero-order valence-electron chi connectivity index (χ0n) is 31.8. The average molecular weight is 725 g/mol. The lowest BCUT2D eigenvalue weighted by atomic mass is 9.67. The molecule has 3 heteroatoms. The zero-order chi connectivity index (χ0) is 37.9. The number of benzene rings is 6. The van der Waals surface area contributed by atoms with Crippen molar-refractivity contribution < 1.29 is 4.74 Å². The van der Waals surface area contributed by atoms with Gasteiger partial charge in [0.05, 0.1) is 16.8 Å². The molecular weight excluding hydrogens is 681 g/mol. The van der Waals surface area contributed by atoms with Crippen LogP contribution in [0.5, 0.6) is 5.75 Å². The standard InChI is InChI=1S/C53H44N2O/c1-4-5-6-13-29-50-54-47-33-30-37(34-49(47)56-50)53(36-19-9-7-10-20-36)44-26-17-15-24-42(44)51-45(53)27-18-28-48(51)55(38-21-11-8-12-22-38)39-31-32-41-40-23-14-16-25-43(40)52(2,3)46(41)35-39/h4-35,40,43,50,54H,1H2,2-3H3/b6-5-,29-13+. The Balaban J connectivity index is 1.19. The van der Waals surface area contributed by atoms with E-state index in [-0.39, 0.29) is 11.6 Å². The minimum Gasteiger partial charge on any atom is -0.465 e. The van der Waals surface area contributed by atoms with Gasteiger partial charge >= 0.3 is 0 Å². The molecule has 3 nitrogen and oxygen atoms in total. The highest BCUT2D eigenvalue weighted by Crippen LogP contribution is 2.61. The molecule has 3 aliphatic carbocycles. The van der Waals surface area contributed by atoms with Crippen molar-refractivity contribution in [2.75, 3.05) is 10.2 Å². The Labute approximate surface area is 330 Å². The van der Waals surface area contributed by atoms with Crippen LogP contribution in [0.2, 0.25) is 0 Å². The van der Waals surface area contributed by atoms with E-state index in [0.717, 1.165) is 34.1 Å². The van der Waals surface area contributed by atoms with Crippen LogP contribution >= 0.6 is 0 Å². The second-order valence-electron chi connectivity index (χ2n) is 15.7. The summed E-state index contributed by atoms with van der Waals surface area (Å²) in [6, 6.07) is 51.7. The third kappa shape index (κ3) is 5.11. The van der Waals surface area contributed by atoms with Crippen LogP contribution in [0.3, 0.4) is 0 Å². The number of fused-ring (bicyclic) bond motifs is 7. The molecule has 0 saturated carbocycles. The lowest BCUT2D eigenvalue weighted by molar-refractivity contribution is 0.302. The van der Waals surface area contributed by atoms with Crippen LogP contribution in [-0.2, 0) is 10.8 Å². The van der Waals surface area contributed by atoms with Crippen LogP contribution in [0, 0.1) is 5.92 Å². The fourth-order valence-electron chi connectivity index (χ4n) is 9.97. The lowest BCUT2D eigenvalue weighted by Gasteiger charge is -2.34. The Kier molecular flexibility index (Phi) is 8.07. The quantitative estimate of drug-likeness (QED) is 0.158. The monoisotopic (exact) mass is 724 g/mol. The maximum atomic E-state index is 6.54. The largest absolute Gasteiger partial charge is 0.465 e. The van der Waals surface area contributed by atoms with Crippen molar-refractivity contribution >= 4 is 22.7 Å². The van der Waals surface area contributed by atoms with Crippen LogP contribution in [0.25, 0.3) is 11.1 Å². The van der Waals surface area contributed by atoms with Gasteiger partial charge in [-0.15, -0.1) is 0 Å². The van der Waals surface area contributed by atoms with E-state index in [2.05, 4.69) is 194 Å². The predicted molar refractivity (Wildman–Crippen MR) is 232 cm³/mol. The van der Waals surface area contributed by atoms with Crippen LogP contribution in [0.1, 0.15) is 53.1 Å². The van der Waals surface area contributed by atoms with Gasteiger partial charge in [0.1, 0.15) is 5.75 Å².